The van der Waals surface area contributed by atoms with E-state index < -0.39 is 6.10 Å². The molecule has 0 fully saturated rings. The Balaban J connectivity index is 2.38. The Morgan fingerprint density at radius 3 is 2.70 bits per heavy atom. The Labute approximate surface area is 117 Å². The van der Waals surface area contributed by atoms with Gasteiger partial charge in [-0.1, -0.05) is 0 Å². The lowest BCUT2D eigenvalue weighted by molar-refractivity contribution is 0.194. The van der Waals surface area contributed by atoms with Crippen molar-refractivity contribution in [3.63, 3.8) is 0 Å². The molecule has 1 atom stereocenters. The van der Waals surface area contributed by atoms with Crippen molar-refractivity contribution in [3.05, 3.63) is 47.7 Å². The summed E-state index contributed by atoms with van der Waals surface area (Å²) in [6.45, 7) is 1.64. The van der Waals surface area contributed by atoms with Gasteiger partial charge in [-0.25, -0.2) is 4.98 Å². The molecule has 2 rings (SSSR count). The van der Waals surface area contributed by atoms with E-state index in [2.05, 4.69) is 4.98 Å². The van der Waals surface area contributed by atoms with Crippen molar-refractivity contribution in [2.75, 3.05) is 7.11 Å². The van der Waals surface area contributed by atoms with Gasteiger partial charge in [0, 0.05) is 17.8 Å². The summed E-state index contributed by atoms with van der Waals surface area (Å²) in [5.41, 5.74) is 1.00. The van der Waals surface area contributed by atoms with Crippen molar-refractivity contribution in [2.24, 2.45) is 0 Å². The summed E-state index contributed by atoms with van der Waals surface area (Å²) in [7, 11) is 1.52. The van der Waals surface area contributed by atoms with E-state index in [0.29, 0.717) is 28.5 Å². The molecule has 1 aromatic heterocycles. The Morgan fingerprint density at radius 2 is 2.05 bits per heavy atom. The number of nitriles is 1. The van der Waals surface area contributed by atoms with Crippen LogP contribution < -0.4 is 9.47 Å². The second kappa shape index (κ2) is 6.04. The molecule has 0 unspecified atom stereocenters. The monoisotopic (exact) mass is 270 g/mol. The number of aliphatic hydroxyl groups excluding tert-OH is 1. The van der Waals surface area contributed by atoms with Crippen LogP contribution in [0.5, 0.6) is 17.4 Å². The van der Waals surface area contributed by atoms with E-state index in [0.717, 1.165) is 0 Å². The smallest absolute Gasteiger partial charge is 0.225 e. The third-order valence-electron chi connectivity index (χ3n) is 2.71. The minimum Gasteiger partial charge on any atom is -0.497 e. The van der Waals surface area contributed by atoms with Crippen LogP contribution in [0.2, 0.25) is 0 Å². The molecule has 5 heteroatoms. The molecule has 0 saturated carbocycles. The summed E-state index contributed by atoms with van der Waals surface area (Å²) in [6, 6.07) is 10.3. The number of rotatable bonds is 4. The molecule has 102 valence electrons. The highest BCUT2D eigenvalue weighted by atomic mass is 16.5. The Morgan fingerprint density at radius 1 is 1.30 bits per heavy atom. The van der Waals surface area contributed by atoms with Gasteiger partial charge >= 0.3 is 0 Å². The topological polar surface area (TPSA) is 75.4 Å². The first-order chi connectivity index (χ1) is 9.63. The van der Waals surface area contributed by atoms with E-state index in [1.807, 2.05) is 6.07 Å². The second-order valence-electron chi connectivity index (χ2n) is 4.18. The lowest BCUT2D eigenvalue weighted by atomic mass is 10.2. The minimum absolute atomic E-state index is 0.305. The van der Waals surface area contributed by atoms with E-state index in [9.17, 15) is 5.11 Å². The highest BCUT2D eigenvalue weighted by molar-refractivity contribution is 5.45. The van der Waals surface area contributed by atoms with Crippen LogP contribution >= 0.6 is 0 Å². The van der Waals surface area contributed by atoms with Gasteiger partial charge in [-0.15, -0.1) is 0 Å². The number of methoxy groups -OCH3 is 1. The third kappa shape index (κ3) is 3.05. The average Bonchev–Trinajstić information content (AvgIpc) is 2.47. The zero-order valence-corrected chi connectivity index (χ0v) is 11.2. The number of benzene rings is 1. The molecule has 1 aromatic carbocycles. The molecular weight excluding hydrogens is 256 g/mol. The van der Waals surface area contributed by atoms with E-state index in [1.165, 1.54) is 7.11 Å². The number of hydrogen-bond donors (Lipinski definition) is 1. The Bertz CT molecular complexity index is 648. The van der Waals surface area contributed by atoms with Crippen LogP contribution in [0, 0.1) is 11.3 Å². The lowest BCUT2D eigenvalue weighted by Crippen LogP contribution is -1.98. The zero-order chi connectivity index (χ0) is 14.5. The zero-order valence-electron chi connectivity index (χ0n) is 11.2. The summed E-state index contributed by atoms with van der Waals surface area (Å²) in [5, 5.41) is 18.7. The molecule has 2 aromatic rings. The predicted molar refractivity (Wildman–Crippen MR) is 72.7 cm³/mol. The Kier molecular flexibility index (Phi) is 4.18. The summed E-state index contributed by atoms with van der Waals surface area (Å²) < 4.78 is 10.8. The number of ether oxygens (including phenoxy) is 2. The second-order valence-corrected chi connectivity index (χ2v) is 4.18. The highest BCUT2D eigenvalue weighted by Gasteiger charge is 2.12. The van der Waals surface area contributed by atoms with Crippen molar-refractivity contribution in [1.29, 1.82) is 5.26 Å². The van der Waals surface area contributed by atoms with E-state index in [1.54, 1.807) is 43.5 Å². The van der Waals surface area contributed by atoms with Crippen molar-refractivity contribution in [1.82, 2.24) is 4.98 Å². The molecule has 20 heavy (non-hydrogen) atoms. The van der Waals surface area contributed by atoms with Crippen LogP contribution in [0.15, 0.2) is 36.5 Å². The Hall–Kier alpha value is -2.58. The highest BCUT2D eigenvalue weighted by Crippen LogP contribution is 2.30. The van der Waals surface area contributed by atoms with Gasteiger partial charge in [-0.05, 0) is 31.2 Å². The first-order valence-corrected chi connectivity index (χ1v) is 6.04. The number of pyridine rings is 1. The first-order valence-electron chi connectivity index (χ1n) is 6.04. The molecule has 0 saturated heterocycles. The molecule has 0 spiro atoms. The molecule has 0 amide bonds. The van der Waals surface area contributed by atoms with Gasteiger partial charge in [0.1, 0.15) is 11.5 Å². The molecule has 0 aliphatic heterocycles. The van der Waals surface area contributed by atoms with Gasteiger partial charge in [0.05, 0.1) is 24.8 Å². The summed E-state index contributed by atoms with van der Waals surface area (Å²) in [6.07, 6.45) is 0.881. The fourth-order valence-corrected chi connectivity index (χ4v) is 1.73. The van der Waals surface area contributed by atoms with Crippen molar-refractivity contribution in [3.8, 4) is 23.4 Å². The van der Waals surface area contributed by atoms with E-state index in [4.69, 9.17) is 14.7 Å². The predicted octanol–water partition coefficient (Wildman–Crippen LogP) is 2.81. The molecule has 1 heterocycles. The maximum absolute atomic E-state index is 9.69. The van der Waals surface area contributed by atoms with Crippen LogP contribution in [0.25, 0.3) is 0 Å². The maximum atomic E-state index is 9.69. The quantitative estimate of drug-likeness (QED) is 0.924. The van der Waals surface area contributed by atoms with Crippen molar-refractivity contribution in [2.45, 2.75) is 13.0 Å². The van der Waals surface area contributed by atoms with E-state index >= 15 is 0 Å². The van der Waals surface area contributed by atoms with Crippen LogP contribution in [0.3, 0.4) is 0 Å². The summed E-state index contributed by atoms with van der Waals surface area (Å²) in [4.78, 5) is 4.10. The van der Waals surface area contributed by atoms with Gasteiger partial charge in [0.2, 0.25) is 5.88 Å². The largest absolute Gasteiger partial charge is 0.497 e. The molecule has 1 N–H and O–H groups in total. The minimum atomic E-state index is -0.695. The number of hydrogen-bond acceptors (Lipinski definition) is 5. The molecule has 0 bridgehead atoms. The maximum Gasteiger partial charge on any atom is 0.225 e. The van der Waals surface area contributed by atoms with Crippen LogP contribution in [0.4, 0.5) is 0 Å². The first kappa shape index (κ1) is 13.8. The summed E-state index contributed by atoms with van der Waals surface area (Å²) in [5.74, 6) is 1.26. The molecule has 5 nitrogen and oxygen atoms in total. The SMILES string of the molecule is COc1cc(C#N)cc(Oc2ncccc2[C@@H](C)O)c1. The average molecular weight is 270 g/mol. The fourth-order valence-electron chi connectivity index (χ4n) is 1.73. The third-order valence-corrected chi connectivity index (χ3v) is 2.71. The van der Waals surface area contributed by atoms with E-state index in [-0.39, 0.29) is 0 Å². The van der Waals surface area contributed by atoms with Crippen LogP contribution in [-0.4, -0.2) is 17.2 Å². The van der Waals surface area contributed by atoms with Crippen LogP contribution in [0.1, 0.15) is 24.2 Å². The molecule has 0 aliphatic carbocycles. The van der Waals surface area contributed by atoms with Crippen LogP contribution in [-0.2, 0) is 0 Å². The van der Waals surface area contributed by atoms with Gasteiger partial charge in [0.25, 0.3) is 0 Å². The van der Waals surface area contributed by atoms with Crippen molar-refractivity contribution >= 4 is 0 Å². The molecule has 0 radical (unpaired) electrons. The van der Waals surface area contributed by atoms with Gasteiger partial charge in [-0.3, -0.25) is 0 Å². The van der Waals surface area contributed by atoms with Crippen molar-refractivity contribution < 1.29 is 14.6 Å². The normalized spacial score (nSPS) is 11.5. The lowest BCUT2D eigenvalue weighted by Gasteiger charge is -2.12. The number of nitrogens with zero attached hydrogens (tertiary/aromatic N) is 2. The molecule has 0 aliphatic rings. The fraction of sp³-hybridized carbons (Fsp3) is 0.200. The van der Waals surface area contributed by atoms with Gasteiger partial charge in [0.15, 0.2) is 0 Å². The standard InChI is InChI=1S/C15H14N2O3/c1-10(18)14-4-3-5-17-15(14)20-13-7-11(9-16)6-12(8-13)19-2/h3-8,10,18H,1-2H3/t10-/m1/s1. The molecular formula is C15H14N2O3. The summed E-state index contributed by atoms with van der Waals surface area (Å²) >= 11 is 0. The van der Waals surface area contributed by atoms with Gasteiger partial charge in [-0.2, -0.15) is 5.26 Å². The number of aliphatic hydroxyl groups is 1. The number of aromatic nitrogens is 1. The van der Waals surface area contributed by atoms with Gasteiger partial charge < -0.3 is 14.6 Å².